The first-order chi connectivity index (χ1) is 9.65. The molecular formula is C12H21N5O3. The van der Waals surface area contributed by atoms with Gasteiger partial charge >= 0.3 is 5.69 Å². The summed E-state index contributed by atoms with van der Waals surface area (Å²) >= 11 is 0. The highest BCUT2D eigenvalue weighted by Crippen LogP contribution is 2.31. The van der Waals surface area contributed by atoms with Crippen LogP contribution in [0, 0.1) is 10.1 Å². The van der Waals surface area contributed by atoms with Gasteiger partial charge in [-0.2, -0.15) is 0 Å². The largest absolute Gasteiger partial charge is 0.385 e. The Morgan fingerprint density at radius 2 is 2.10 bits per heavy atom. The van der Waals surface area contributed by atoms with Crippen molar-refractivity contribution < 1.29 is 9.66 Å². The molecule has 1 aromatic heterocycles. The first-order valence-corrected chi connectivity index (χ1v) is 6.62. The predicted octanol–water partition coefficient (Wildman–Crippen LogP) is 1.68. The van der Waals surface area contributed by atoms with Crippen LogP contribution in [0.2, 0.25) is 0 Å². The van der Waals surface area contributed by atoms with E-state index in [1.165, 1.54) is 6.33 Å². The highest BCUT2D eigenvalue weighted by Gasteiger charge is 2.25. The highest BCUT2D eigenvalue weighted by molar-refractivity contribution is 5.70. The van der Waals surface area contributed by atoms with Gasteiger partial charge in [-0.3, -0.25) is 10.1 Å². The van der Waals surface area contributed by atoms with E-state index < -0.39 is 4.92 Å². The van der Waals surface area contributed by atoms with Crippen molar-refractivity contribution in [2.24, 2.45) is 0 Å². The fourth-order valence-electron chi connectivity index (χ4n) is 1.84. The molecule has 0 aromatic carbocycles. The zero-order chi connectivity index (χ0) is 15.0. The Labute approximate surface area is 118 Å². The number of aromatic nitrogens is 2. The minimum atomic E-state index is -0.438. The lowest BCUT2D eigenvalue weighted by Crippen LogP contribution is -2.24. The number of methoxy groups -OCH3 is 1. The van der Waals surface area contributed by atoms with Gasteiger partial charge in [0, 0.05) is 33.4 Å². The molecule has 0 aliphatic heterocycles. The second-order valence-electron chi connectivity index (χ2n) is 4.10. The van der Waals surface area contributed by atoms with Crippen LogP contribution in [0.4, 0.5) is 17.3 Å². The molecule has 0 aliphatic rings. The summed E-state index contributed by atoms with van der Waals surface area (Å²) in [4.78, 5) is 20.7. The number of hydrogen-bond donors (Lipinski definition) is 1. The number of nitrogens with zero attached hydrogens (tertiary/aromatic N) is 4. The zero-order valence-corrected chi connectivity index (χ0v) is 12.1. The summed E-state index contributed by atoms with van der Waals surface area (Å²) in [5.41, 5.74) is -0.0754. The normalized spacial score (nSPS) is 10.3. The van der Waals surface area contributed by atoms with E-state index in [1.54, 1.807) is 7.11 Å². The van der Waals surface area contributed by atoms with Crippen molar-refractivity contribution in [3.8, 4) is 0 Å². The van der Waals surface area contributed by atoms with Crippen molar-refractivity contribution >= 4 is 17.3 Å². The van der Waals surface area contributed by atoms with Gasteiger partial charge in [-0.1, -0.05) is 0 Å². The molecule has 0 spiro atoms. The molecule has 112 valence electrons. The Balaban J connectivity index is 2.99. The van der Waals surface area contributed by atoms with E-state index in [2.05, 4.69) is 15.3 Å². The molecule has 20 heavy (non-hydrogen) atoms. The number of rotatable bonds is 9. The summed E-state index contributed by atoms with van der Waals surface area (Å²) in [5.74, 6) is 0.604. The molecule has 8 nitrogen and oxygen atoms in total. The zero-order valence-electron chi connectivity index (χ0n) is 12.1. The van der Waals surface area contributed by atoms with Crippen molar-refractivity contribution in [1.29, 1.82) is 0 Å². The molecule has 0 bridgehead atoms. The van der Waals surface area contributed by atoms with Gasteiger partial charge in [0.25, 0.3) is 0 Å². The molecule has 0 saturated carbocycles. The monoisotopic (exact) mass is 283 g/mol. The Kier molecular flexibility index (Phi) is 6.65. The number of nitrogens with one attached hydrogen (secondary N) is 1. The highest BCUT2D eigenvalue weighted by atomic mass is 16.6. The van der Waals surface area contributed by atoms with Crippen LogP contribution in [0.15, 0.2) is 6.33 Å². The molecule has 0 saturated heterocycles. The lowest BCUT2D eigenvalue weighted by Gasteiger charge is -2.19. The summed E-state index contributed by atoms with van der Waals surface area (Å²) in [6, 6.07) is 0. The van der Waals surface area contributed by atoms with Crippen molar-refractivity contribution in [3.05, 3.63) is 16.4 Å². The van der Waals surface area contributed by atoms with Crippen molar-refractivity contribution in [1.82, 2.24) is 9.97 Å². The minimum absolute atomic E-state index is 0.0754. The number of ether oxygens (including phenoxy) is 1. The standard InChI is InChI=1S/C12H21N5O3/c1-4-16(5-2)12-10(17(18)19)11(14-9-15-12)13-7-6-8-20-3/h9H,4-8H2,1-3H3,(H,13,14,15). The van der Waals surface area contributed by atoms with Crippen LogP contribution in [-0.2, 0) is 4.74 Å². The number of anilines is 2. The summed E-state index contributed by atoms with van der Waals surface area (Å²) in [6.45, 7) is 6.31. The van der Waals surface area contributed by atoms with Gasteiger partial charge in [0.15, 0.2) is 0 Å². The molecule has 1 aromatic rings. The van der Waals surface area contributed by atoms with Gasteiger partial charge in [-0.25, -0.2) is 9.97 Å². The molecule has 1 heterocycles. The van der Waals surface area contributed by atoms with E-state index in [9.17, 15) is 10.1 Å². The van der Waals surface area contributed by atoms with Crippen LogP contribution in [-0.4, -0.2) is 48.2 Å². The molecule has 0 unspecified atom stereocenters. The molecule has 0 atom stereocenters. The maximum Gasteiger partial charge on any atom is 0.353 e. The molecule has 1 N–H and O–H groups in total. The molecule has 0 radical (unpaired) electrons. The number of nitro groups is 1. The maximum absolute atomic E-state index is 11.3. The molecule has 1 rings (SSSR count). The topological polar surface area (TPSA) is 93.4 Å². The van der Waals surface area contributed by atoms with E-state index in [4.69, 9.17) is 4.74 Å². The van der Waals surface area contributed by atoms with Gasteiger partial charge in [-0.05, 0) is 20.3 Å². The Hall–Kier alpha value is -1.96. The third-order valence-electron chi connectivity index (χ3n) is 2.87. The third-order valence-corrected chi connectivity index (χ3v) is 2.87. The maximum atomic E-state index is 11.3. The van der Waals surface area contributed by atoms with E-state index in [-0.39, 0.29) is 11.5 Å². The first-order valence-electron chi connectivity index (χ1n) is 6.62. The van der Waals surface area contributed by atoms with E-state index in [0.29, 0.717) is 32.1 Å². The van der Waals surface area contributed by atoms with E-state index in [1.807, 2.05) is 18.7 Å². The van der Waals surface area contributed by atoms with Crippen molar-refractivity contribution in [2.45, 2.75) is 20.3 Å². The van der Waals surface area contributed by atoms with Gasteiger partial charge in [0.1, 0.15) is 6.33 Å². The average molecular weight is 283 g/mol. The summed E-state index contributed by atoms with van der Waals surface area (Å²) in [6.07, 6.45) is 2.09. The minimum Gasteiger partial charge on any atom is -0.385 e. The van der Waals surface area contributed by atoms with E-state index in [0.717, 1.165) is 6.42 Å². The van der Waals surface area contributed by atoms with Crippen molar-refractivity contribution in [3.63, 3.8) is 0 Å². The Morgan fingerprint density at radius 1 is 1.40 bits per heavy atom. The smallest absolute Gasteiger partial charge is 0.353 e. The summed E-state index contributed by atoms with van der Waals surface area (Å²) in [7, 11) is 1.62. The molecular weight excluding hydrogens is 262 g/mol. The van der Waals surface area contributed by atoms with Crippen LogP contribution in [0.25, 0.3) is 0 Å². The third kappa shape index (κ3) is 4.02. The Morgan fingerprint density at radius 3 is 2.65 bits per heavy atom. The van der Waals surface area contributed by atoms with Crippen LogP contribution in [0.3, 0.4) is 0 Å². The van der Waals surface area contributed by atoms with Crippen LogP contribution >= 0.6 is 0 Å². The lowest BCUT2D eigenvalue weighted by molar-refractivity contribution is -0.383. The second kappa shape index (κ2) is 8.26. The first kappa shape index (κ1) is 16.1. The van der Waals surface area contributed by atoms with Crippen LogP contribution < -0.4 is 10.2 Å². The molecule has 8 heteroatoms. The van der Waals surface area contributed by atoms with Gasteiger partial charge < -0.3 is 15.0 Å². The summed E-state index contributed by atoms with van der Waals surface area (Å²) in [5, 5.41) is 14.3. The van der Waals surface area contributed by atoms with Crippen LogP contribution in [0.5, 0.6) is 0 Å². The molecule has 0 fully saturated rings. The van der Waals surface area contributed by atoms with Crippen molar-refractivity contribution in [2.75, 3.05) is 43.6 Å². The second-order valence-corrected chi connectivity index (χ2v) is 4.10. The SMILES string of the molecule is CCN(CC)c1ncnc(NCCCOC)c1[N+](=O)[O-]. The predicted molar refractivity (Wildman–Crippen MR) is 77.2 cm³/mol. The van der Waals surface area contributed by atoms with Crippen LogP contribution in [0.1, 0.15) is 20.3 Å². The van der Waals surface area contributed by atoms with E-state index >= 15 is 0 Å². The molecule has 0 amide bonds. The lowest BCUT2D eigenvalue weighted by atomic mass is 10.3. The summed E-state index contributed by atoms with van der Waals surface area (Å²) < 4.78 is 4.94. The van der Waals surface area contributed by atoms with Gasteiger partial charge in [0.2, 0.25) is 11.6 Å². The fourth-order valence-corrected chi connectivity index (χ4v) is 1.84. The average Bonchev–Trinajstić information content (AvgIpc) is 2.45. The van der Waals surface area contributed by atoms with Gasteiger partial charge in [0.05, 0.1) is 4.92 Å². The molecule has 0 aliphatic carbocycles. The fraction of sp³-hybridized carbons (Fsp3) is 0.667. The van der Waals surface area contributed by atoms with Gasteiger partial charge in [-0.15, -0.1) is 0 Å². The number of hydrogen-bond acceptors (Lipinski definition) is 7. The quantitative estimate of drug-likeness (QED) is 0.418. The Bertz CT molecular complexity index is 437.